The van der Waals surface area contributed by atoms with Crippen LogP contribution < -0.4 is 5.32 Å². The van der Waals surface area contributed by atoms with Gasteiger partial charge in [0, 0.05) is 18.9 Å². The van der Waals surface area contributed by atoms with E-state index in [-0.39, 0.29) is 0 Å². The van der Waals surface area contributed by atoms with Crippen LogP contribution in [0.15, 0.2) is 24.8 Å². The summed E-state index contributed by atoms with van der Waals surface area (Å²) in [5.41, 5.74) is 3.10. The van der Waals surface area contributed by atoms with Crippen LogP contribution in [0.3, 0.4) is 0 Å². The molecule has 18 heavy (non-hydrogen) atoms. The van der Waals surface area contributed by atoms with Crippen molar-refractivity contribution in [2.24, 2.45) is 0 Å². The van der Waals surface area contributed by atoms with Gasteiger partial charge in [0.15, 0.2) is 5.15 Å². The first-order valence-electron chi connectivity index (χ1n) is 6.05. The van der Waals surface area contributed by atoms with Gasteiger partial charge in [-0.05, 0) is 25.0 Å². The van der Waals surface area contributed by atoms with Gasteiger partial charge in [-0.25, -0.2) is 9.97 Å². The number of halogens is 1. The summed E-state index contributed by atoms with van der Waals surface area (Å²) in [4.78, 5) is 8.29. The Morgan fingerprint density at radius 3 is 3.00 bits per heavy atom. The van der Waals surface area contributed by atoms with Gasteiger partial charge in [-0.15, -0.1) is 0 Å². The minimum atomic E-state index is 0.502. The average Bonchev–Trinajstić information content (AvgIpc) is 2.78. The topological polar surface area (TPSA) is 42.7 Å². The number of aromatic nitrogens is 3. The standard InChI is InChI=1S/C13H17ClN4/c1-3-4-18-9-15-7-11(18)8-16-12-5-10(2)6-17-13(12)14/h5-7,9,16H,3-4,8H2,1-2H3. The Hall–Kier alpha value is -1.55. The quantitative estimate of drug-likeness (QED) is 0.843. The molecule has 0 aliphatic heterocycles. The van der Waals surface area contributed by atoms with Gasteiger partial charge in [0.2, 0.25) is 0 Å². The number of hydrogen-bond acceptors (Lipinski definition) is 3. The Kier molecular flexibility index (Phi) is 4.20. The summed E-state index contributed by atoms with van der Waals surface area (Å²) in [6.07, 6.45) is 6.58. The van der Waals surface area contributed by atoms with E-state index in [4.69, 9.17) is 11.6 Å². The lowest BCUT2D eigenvalue weighted by molar-refractivity contribution is 0.651. The molecule has 0 fully saturated rings. The molecule has 96 valence electrons. The monoisotopic (exact) mass is 264 g/mol. The molecule has 1 N–H and O–H groups in total. The van der Waals surface area contributed by atoms with Crippen LogP contribution in [0.4, 0.5) is 5.69 Å². The molecule has 2 aromatic heterocycles. The molecule has 0 unspecified atom stereocenters. The molecule has 0 aromatic carbocycles. The second-order valence-corrected chi connectivity index (χ2v) is 4.64. The maximum atomic E-state index is 6.04. The number of aryl methyl sites for hydroxylation is 2. The maximum Gasteiger partial charge on any atom is 0.152 e. The van der Waals surface area contributed by atoms with E-state index in [0.29, 0.717) is 11.7 Å². The summed E-state index contributed by atoms with van der Waals surface area (Å²) in [5, 5.41) is 3.80. The van der Waals surface area contributed by atoms with Crippen molar-refractivity contribution < 1.29 is 0 Å². The van der Waals surface area contributed by atoms with Crippen molar-refractivity contribution in [1.29, 1.82) is 0 Å². The first-order valence-corrected chi connectivity index (χ1v) is 6.43. The zero-order chi connectivity index (χ0) is 13.0. The molecular formula is C13H17ClN4. The second kappa shape index (κ2) is 5.87. The van der Waals surface area contributed by atoms with Gasteiger partial charge >= 0.3 is 0 Å². The van der Waals surface area contributed by atoms with Crippen molar-refractivity contribution in [3.05, 3.63) is 41.2 Å². The van der Waals surface area contributed by atoms with Crippen LogP contribution >= 0.6 is 11.6 Å². The van der Waals surface area contributed by atoms with E-state index in [9.17, 15) is 0 Å². The highest BCUT2D eigenvalue weighted by Gasteiger charge is 2.04. The Labute approximate surface area is 112 Å². The number of imidazole rings is 1. The van der Waals surface area contributed by atoms with Gasteiger partial charge in [-0.3, -0.25) is 0 Å². The van der Waals surface area contributed by atoms with Crippen molar-refractivity contribution in [1.82, 2.24) is 14.5 Å². The van der Waals surface area contributed by atoms with Gasteiger partial charge in [0.05, 0.1) is 24.3 Å². The largest absolute Gasteiger partial charge is 0.377 e. The molecular weight excluding hydrogens is 248 g/mol. The summed E-state index contributed by atoms with van der Waals surface area (Å²) in [6, 6.07) is 2.00. The Bertz CT molecular complexity index is 521. The zero-order valence-corrected chi connectivity index (χ0v) is 11.4. The molecule has 0 amide bonds. The van der Waals surface area contributed by atoms with E-state index in [1.807, 2.05) is 25.5 Å². The van der Waals surface area contributed by atoms with Crippen molar-refractivity contribution in [3.63, 3.8) is 0 Å². The smallest absolute Gasteiger partial charge is 0.152 e. The lowest BCUT2D eigenvalue weighted by Crippen LogP contribution is -2.07. The van der Waals surface area contributed by atoms with E-state index in [0.717, 1.165) is 29.9 Å². The number of rotatable bonds is 5. The molecule has 0 aliphatic carbocycles. The first-order chi connectivity index (χ1) is 8.70. The molecule has 2 aromatic rings. The van der Waals surface area contributed by atoms with Crippen LogP contribution in [-0.2, 0) is 13.1 Å². The zero-order valence-electron chi connectivity index (χ0n) is 10.7. The minimum absolute atomic E-state index is 0.502. The molecule has 2 heterocycles. The van der Waals surface area contributed by atoms with Crippen LogP contribution in [0, 0.1) is 6.92 Å². The normalized spacial score (nSPS) is 10.6. The van der Waals surface area contributed by atoms with E-state index >= 15 is 0 Å². The lowest BCUT2D eigenvalue weighted by Gasteiger charge is -2.10. The molecule has 0 radical (unpaired) electrons. The molecule has 2 rings (SSSR count). The van der Waals surface area contributed by atoms with Crippen LogP contribution in [0.1, 0.15) is 24.6 Å². The SMILES string of the molecule is CCCn1cncc1CNc1cc(C)cnc1Cl. The van der Waals surface area contributed by atoms with E-state index in [1.165, 1.54) is 0 Å². The van der Waals surface area contributed by atoms with Gasteiger partial charge in [0.25, 0.3) is 0 Å². The van der Waals surface area contributed by atoms with E-state index in [2.05, 4.69) is 26.8 Å². The molecule has 0 aliphatic rings. The number of nitrogens with one attached hydrogen (secondary N) is 1. The van der Waals surface area contributed by atoms with Crippen molar-refractivity contribution >= 4 is 17.3 Å². The van der Waals surface area contributed by atoms with Crippen LogP contribution in [-0.4, -0.2) is 14.5 Å². The summed E-state index contributed by atoms with van der Waals surface area (Å²) in [5.74, 6) is 0. The predicted molar refractivity (Wildman–Crippen MR) is 73.8 cm³/mol. The van der Waals surface area contributed by atoms with Gasteiger partial charge in [0.1, 0.15) is 0 Å². The third-order valence-electron chi connectivity index (χ3n) is 2.70. The summed E-state index contributed by atoms with van der Waals surface area (Å²) >= 11 is 6.04. The fourth-order valence-corrected chi connectivity index (χ4v) is 1.97. The summed E-state index contributed by atoms with van der Waals surface area (Å²) in [7, 11) is 0. The molecule has 4 nitrogen and oxygen atoms in total. The third-order valence-corrected chi connectivity index (χ3v) is 3.00. The fourth-order valence-electron chi connectivity index (χ4n) is 1.80. The van der Waals surface area contributed by atoms with Crippen molar-refractivity contribution in [3.8, 4) is 0 Å². The maximum absolute atomic E-state index is 6.04. The number of anilines is 1. The van der Waals surface area contributed by atoms with Crippen molar-refractivity contribution in [2.45, 2.75) is 33.4 Å². The highest BCUT2D eigenvalue weighted by molar-refractivity contribution is 6.31. The van der Waals surface area contributed by atoms with Crippen LogP contribution in [0.2, 0.25) is 5.15 Å². The first kappa shape index (κ1) is 12.9. The Morgan fingerprint density at radius 2 is 2.22 bits per heavy atom. The van der Waals surface area contributed by atoms with E-state index in [1.54, 1.807) is 6.20 Å². The molecule has 0 spiro atoms. The van der Waals surface area contributed by atoms with Gasteiger partial charge < -0.3 is 9.88 Å². The van der Waals surface area contributed by atoms with Crippen molar-refractivity contribution in [2.75, 3.05) is 5.32 Å². The molecule has 5 heteroatoms. The molecule has 0 saturated carbocycles. The average molecular weight is 265 g/mol. The Balaban J connectivity index is 2.06. The molecule has 0 atom stereocenters. The lowest BCUT2D eigenvalue weighted by atomic mass is 10.3. The molecule has 0 saturated heterocycles. The van der Waals surface area contributed by atoms with Gasteiger partial charge in [-0.2, -0.15) is 0 Å². The highest BCUT2D eigenvalue weighted by Crippen LogP contribution is 2.20. The highest BCUT2D eigenvalue weighted by atomic mass is 35.5. The summed E-state index contributed by atoms with van der Waals surface area (Å²) < 4.78 is 2.14. The second-order valence-electron chi connectivity index (χ2n) is 4.28. The van der Waals surface area contributed by atoms with E-state index < -0.39 is 0 Å². The number of pyridine rings is 1. The molecule has 0 bridgehead atoms. The van der Waals surface area contributed by atoms with Gasteiger partial charge in [-0.1, -0.05) is 18.5 Å². The predicted octanol–water partition coefficient (Wildman–Crippen LogP) is 3.26. The summed E-state index contributed by atoms with van der Waals surface area (Å²) in [6.45, 7) is 5.83. The third kappa shape index (κ3) is 3.01. The fraction of sp³-hybridized carbons (Fsp3) is 0.385. The number of hydrogen-bond donors (Lipinski definition) is 1. The Morgan fingerprint density at radius 1 is 1.39 bits per heavy atom. The van der Waals surface area contributed by atoms with Crippen LogP contribution in [0.25, 0.3) is 0 Å². The van der Waals surface area contributed by atoms with Crippen LogP contribution in [0.5, 0.6) is 0 Å². The minimum Gasteiger partial charge on any atom is -0.377 e. The number of nitrogens with zero attached hydrogens (tertiary/aromatic N) is 3.